The van der Waals surface area contributed by atoms with Gasteiger partial charge in [0.2, 0.25) is 5.76 Å². The summed E-state index contributed by atoms with van der Waals surface area (Å²) in [5, 5.41) is 2.76. The van der Waals surface area contributed by atoms with Crippen molar-refractivity contribution in [2.45, 2.75) is 13.8 Å². The monoisotopic (exact) mass is 331 g/mol. The minimum Gasteiger partial charge on any atom is -0.438 e. The average molecular weight is 331 g/mol. The first-order valence-corrected chi connectivity index (χ1v) is 7.50. The van der Waals surface area contributed by atoms with E-state index in [1.165, 1.54) is 6.39 Å². The Balaban J connectivity index is 2.18. The van der Waals surface area contributed by atoms with Crippen molar-refractivity contribution in [2.75, 3.05) is 32.6 Å². The van der Waals surface area contributed by atoms with E-state index in [1.807, 2.05) is 6.92 Å². The molecular formula is C17H21N3O4. The number of ether oxygens (including phenoxy) is 1. The normalized spacial score (nSPS) is 10.5. The summed E-state index contributed by atoms with van der Waals surface area (Å²) >= 11 is 0. The van der Waals surface area contributed by atoms with Gasteiger partial charge < -0.3 is 19.4 Å². The van der Waals surface area contributed by atoms with Gasteiger partial charge in [0.15, 0.2) is 6.39 Å². The van der Waals surface area contributed by atoms with Crippen LogP contribution in [0.5, 0.6) is 0 Å². The van der Waals surface area contributed by atoms with E-state index in [0.29, 0.717) is 30.1 Å². The zero-order valence-corrected chi connectivity index (χ0v) is 14.3. The zero-order chi connectivity index (χ0) is 17.7. The number of methoxy groups -OCH3 is 1. The van der Waals surface area contributed by atoms with E-state index in [2.05, 4.69) is 10.3 Å². The number of aryl methyl sites for hydroxylation is 2. The highest BCUT2D eigenvalue weighted by atomic mass is 16.5. The van der Waals surface area contributed by atoms with Crippen LogP contribution in [0.4, 0.5) is 5.69 Å². The Bertz CT molecular complexity index is 739. The van der Waals surface area contributed by atoms with Crippen LogP contribution in [0.2, 0.25) is 0 Å². The van der Waals surface area contributed by atoms with Gasteiger partial charge in [0.05, 0.1) is 12.3 Å². The maximum absolute atomic E-state index is 12.4. The lowest BCUT2D eigenvalue weighted by Crippen LogP contribution is -2.30. The summed E-state index contributed by atoms with van der Waals surface area (Å²) in [5.41, 5.74) is 2.40. The molecule has 7 heteroatoms. The predicted molar refractivity (Wildman–Crippen MR) is 89.2 cm³/mol. The fraction of sp³-hybridized carbons (Fsp3) is 0.353. The topological polar surface area (TPSA) is 84.7 Å². The quantitative estimate of drug-likeness (QED) is 0.877. The highest BCUT2D eigenvalue weighted by molar-refractivity contribution is 6.04. The molecule has 1 heterocycles. The molecule has 2 aromatic rings. The molecule has 0 spiro atoms. The van der Waals surface area contributed by atoms with E-state index in [1.54, 1.807) is 44.2 Å². The smallest absolute Gasteiger partial charge is 0.293 e. The first kappa shape index (κ1) is 17.7. The van der Waals surface area contributed by atoms with E-state index in [4.69, 9.17) is 9.15 Å². The van der Waals surface area contributed by atoms with E-state index in [9.17, 15) is 9.59 Å². The molecule has 0 atom stereocenters. The van der Waals surface area contributed by atoms with Crippen LogP contribution in [-0.2, 0) is 4.74 Å². The molecule has 0 fully saturated rings. The molecule has 0 aliphatic heterocycles. The van der Waals surface area contributed by atoms with Crippen molar-refractivity contribution in [1.29, 1.82) is 0 Å². The number of likely N-dealkylation sites (N-methyl/N-ethyl adjacent to an activating group) is 1. The third kappa shape index (κ3) is 3.99. The van der Waals surface area contributed by atoms with Crippen molar-refractivity contribution in [3.05, 3.63) is 47.2 Å². The summed E-state index contributed by atoms with van der Waals surface area (Å²) in [6.45, 7) is 4.49. The molecule has 0 saturated carbocycles. The number of carbonyl (C=O) groups is 2. The number of nitrogens with zero attached hydrogens (tertiary/aromatic N) is 2. The number of benzene rings is 1. The van der Waals surface area contributed by atoms with E-state index < -0.39 is 5.91 Å². The Morgan fingerprint density at radius 2 is 2.08 bits per heavy atom. The Morgan fingerprint density at radius 3 is 2.71 bits per heavy atom. The highest BCUT2D eigenvalue weighted by Crippen LogP contribution is 2.19. The van der Waals surface area contributed by atoms with Crippen molar-refractivity contribution in [3.8, 4) is 0 Å². The molecule has 24 heavy (non-hydrogen) atoms. The molecule has 2 amide bonds. The number of anilines is 1. The lowest BCUT2D eigenvalue weighted by molar-refractivity contribution is 0.0744. The summed E-state index contributed by atoms with van der Waals surface area (Å²) in [7, 11) is 3.29. The van der Waals surface area contributed by atoms with Crippen molar-refractivity contribution in [1.82, 2.24) is 9.88 Å². The second-order valence-electron chi connectivity index (χ2n) is 5.47. The second-order valence-corrected chi connectivity index (χ2v) is 5.47. The van der Waals surface area contributed by atoms with Gasteiger partial charge in [-0.15, -0.1) is 0 Å². The third-order valence-corrected chi connectivity index (χ3v) is 3.66. The van der Waals surface area contributed by atoms with Gasteiger partial charge in [0.1, 0.15) is 0 Å². The van der Waals surface area contributed by atoms with E-state index >= 15 is 0 Å². The van der Waals surface area contributed by atoms with Crippen LogP contribution in [0.15, 0.2) is 29.0 Å². The molecule has 128 valence electrons. The molecule has 0 radical (unpaired) electrons. The Labute approximate surface area is 140 Å². The van der Waals surface area contributed by atoms with Crippen LogP contribution in [0, 0.1) is 13.8 Å². The summed E-state index contributed by atoms with van der Waals surface area (Å²) in [6.07, 6.45) is 1.22. The SMILES string of the molecule is COCCN(C)C(=O)c1ccc(C)c(NC(=O)c2ocnc2C)c1. The average Bonchev–Trinajstić information content (AvgIpc) is 3.00. The molecule has 1 N–H and O–H groups in total. The molecule has 0 bridgehead atoms. The fourth-order valence-electron chi connectivity index (χ4n) is 2.14. The lowest BCUT2D eigenvalue weighted by atomic mass is 10.1. The standard InChI is InChI=1S/C17H21N3O4/c1-11-5-6-13(17(22)20(3)7-8-23-4)9-14(11)19-16(21)15-12(2)18-10-24-15/h5-6,9-10H,7-8H2,1-4H3,(H,19,21). The van der Waals surface area contributed by atoms with Crippen LogP contribution < -0.4 is 5.32 Å². The minimum atomic E-state index is -0.398. The summed E-state index contributed by atoms with van der Waals surface area (Å²) in [6, 6.07) is 5.18. The number of nitrogens with one attached hydrogen (secondary N) is 1. The number of aromatic nitrogens is 1. The van der Waals surface area contributed by atoms with Crippen LogP contribution >= 0.6 is 0 Å². The van der Waals surface area contributed by atoms with Crippen LogP contribution in [-0.4, -0.2) is 49.0 Å². The Morgan fingerprint density at radius 1 is 1.33 bits per heavy atom. The van der Waals surface area contributed by atoms with Crippen LogP contribution in [0.25, 0.3) is 0 Å². The van der Waals surface area contributed by atoms with Crippen molar-refractivity contribution in [2.24, 2.45) is 0 Å². The Hall–Kier alpha value is -2.67. The summed E-state index contributed by atoms with van der Waals surface area (Å²) in [4.78, 5) is 30.1. The number of carbonyl (C=O) groups excluding carboxylic acids is 2. The minimum absolute atomic E-state index is 0.140. The number of hydrogen-bond acceptors (Lipinski definition) is 5. The molecule has 0 saturated heterocycles. The van der Waals surface area contributed by atoms with Crippen LogP contribution in [0.3, 0.4) is 0 Å². The Kier molecular flexibility index (Phi) is 5.70. The summed E-state index contributed by atoms with van der Waals surface area (Å²) < 4.78 is 10.1. The van der Waals surface area contributed by atoms with Gasteiger partial charge in [-0.2, -0.15) is 0 Å². The maximum Gasteiger partial charge on any atom is 0.293 e. The first-order valence-electron chi connectivity index (χ1n) is 7.50. The summed E-state index contributed by atoms with van der Waals surface area (Å²) in [5.74, 6) is -0.382. The molecule has 0 aliphatic rings. The third-order valence-electron chi connectivity index (χ3n) is 3.66. The van der Waals surface area contributed by atoms with Gasteiger partial charge in [-0.3, -0.25) is 9.59 Å². The maximum atomic E-state index is 12.4. The van der Waals surface area contributed by atoms with E-state index in [-0.39, 0.29) is 11.7 Å². The highest BCUT2D eigenvalue weighted by Gasteiger charge is 2.17. The molecular weight excluding hydrogens is 310 g/mol. The molecule has 0 aliphatic carbocycles. The zero-order valence-electron chi connectivity index (χ0n) is 14.3. The lowest BCUT2D eigenvalue weighted by Gasteiger charge is -2.17. The first-order chi connectivity index (χ1) is 11.4. The van der Waals surface area contributed by atoms with Crippen molar-refractivity contribution >= 4 is 17.5 Å². The second kappa shape index (κ2) is 7.74. The molecule has 7 nitrogen and oxygen atoms in total. The number of oxazole rings is 1. The van der Waals surface area contributed by atoms with Gasteiger partial charge in [0, 0.05) is 32.0 Å². The molecule has 1 aromatic heterocycles. The van der Waals surface area contributed by atoms with E-state index in [0.717, 1.165) is 5.56 Å². The van der Waals surface area contributed by atoms with Gasteiger partial charge in [-0.1, -0.05) is 6.07 Å². The molecule has 2 rings (SSSR count). The number of hydrogen-bond donors (Lipinski definition) is 1. The molecule has 1 aromatic carbocycles. The number of rotatable bonds is 6. The largest absolute Gasteiger partial charge is 0.438 e. The van der Waals surface area contributed by atoms with Crippen molar-refractivity contribution < 1.29 is 18.7 Å². The molecule has 0 unspecified atom stereocenters. The predicted octanol–water partition coefficient (Wildman–Crippen LogP) is 2.26. The van der Waals surface area contributed by atoms with Gasteiger partial charge in [-0.05, 0) is 31.5 Å². The number of amides is 2. The van der Waals surface area contributed by atoms with Gasteiger partial charge in [0.25, 0.3) is 11.8 Å². The van der Waals surface area contributed by atoms with Gasteiger partial charge >= 0.3 is 0 Å². The fourth-order valence-corrected chi connectivity index (χ4v) is 2.14. The van der Waals surface area contributed by atoms with Crippen LogP contribution in [0.1, 0.15) is 32.2 Å². The van der Waals surface area contributed by atoms with Gasteiger partial charge in [-0.25, -0.2) is 4.98 Å². The van der Waals surface area contributed by atoms with Crippen molar-refractivity contribution in [3.63, 3.8) is 0 Å².